The maximum Gasteiger partial charge on any atom is 0.243 e. The number of sulfonamides is 2. The molecule has 1 unspecified atom stereocenters. The number of nitrogens with one attached hydrogen (secondary N) is 2. The lowest BCUT2D eigenvalue weighted by Crippen LogP contribution is -2.37. The normalized spacial score (nSPS) is 23.0. The molecular formula is C16H25N3O4S2. The Morgan fingerprint density at radius 3 is 2.48 bits per heavy atom. The molecule has 2 aliphatic heterocycles. The van der Waals surface area contributed by atoms with Gasteiger partial charge in [-0.2, -0.15) is 4.31 Å². The van der Waals surface area contributed by atoms with E-state index in [4.69, 9.17) is 0 Å². The molecule has 0 radical (unpaired) electrons. The number of piperidine rings is 1. The number of aryl methyl sites for hydroxylation is 1. The highest BCUT2D eigenvalue weighted by molar-refractivity contribution is 7.90. The summed E-state index contributed by atoms with van der Waals surface area (Å²) in [4.78, 5) is 0.0856. The van der Waals surface area contributed by atoms with Crippen LogP contribution in [0.3, 0.4) is 0 Å². The van der Waals surface area contributed by atoms with Crippen molar-refractivity contribution in [3.8, 4) is 0 Å². The van der Waals surface area contributed by atoms with E-state index in [0.29, 0.717) is 25.2 Å². The molecule has 7 nitrogen and oxygen atoms in total. The quantitative estimate of drug-likeness (QED) is 0.780. The summed E-state index contributed by atoms with van der Waals surface area (Å²) < 4.78 is 55.2. The van der Waals surface area contributed by atoms with E-state index in [1.54, 1.807) is 13.0 Å². The lowest BCUT2D eigenvalue weighted by molar-refractivity contribution is 0.346. The largest absolute Gasteiger partial charge is 0.315 e. The average molecular weight is 388 g/mol. The fourth-order valence-electron chi connectivity index (χ4n) is 3.32. The van der Waals surface area contributed by atoms with Crippen LogP contribution in [0.2, 0.25) is 0 Å². The minimum absolute atomic E-state index is 0.0393. The van der Waals surface area contributed by atoms with Gasteiger partial charge in [-0.05, 0) is 50.4 Å². The molecule has 9 heteroatoms. The fraction of sp³-hybridized carbons (Fsp3) is 0.625. The van der Waals surface area contributed by atoms with Gasteiger partial charge in [0.15, 0.2) is 0 Å². The van der Waals surface area contributed by atoms with E-state index >= 15 is 0 Å². The van der Waals surface area contributed by atoms with E-state index < -0.39 is 20.0 Å². The SMILES string of the molecule is Cc1ccc(S(=O)(=O)N2CCCCC2)cc1S(=O)(=O)NC1CCNC1. The first-order valence-electron chi connectivity index (χ1n) is 8.64. The predicted octanol–water partition coefficient (Wildman–Crippen LogP) is 0.810. The number of benzene rings is 1. The molecule has 2 heterocycles. The Kier molecular flexibility index (Phi) is 5.50. The van der Waals surface area contributed by atoms with Crippen LogP contribution in [-0.2, 0) is 20.0 Å². The first-order valence-corrected chi connectivity index (χ1v) is 11.6. The van der Waals surface area contributed by atoms with Gasteiger partial charge in [0.1, 0.15) is 0 Å². The lowest BCUT2D eigenvalue weighted by atomic mass is 10.2. The zero-order chi connectivity index (χ0) is 18.1. The second kappa shape index (κ2) is 7.32. The van der Waals surface area contributed by atoms with Crippen LogP contribution in [0.15, 0.2) is 28.0 Å². The number of hydrogen-bond donors (Lipinski definition) is 2. The molecule has 1 aromatic rings. The summed E-state index contributed by atoms with van der Waals surface area (Å²) in [6.45, 7) is 4.02. The number of rotatable bonds is 5. The van der Waals surface area contributed by atoms with Crippen LogP contribution in [0.4, 0.5) is 0 Å². The van der Waals surface area contributed by atoms with Crippen molar-refractivity contribution in [1.29, 1.82) is 0 Å². The van der Waals surface area contributed by atoms with Gasteiger partial charge in [-0.15, -0.1) is 0 Å². The van der Waals surface area contributed by atoms with Crippen molar-refractivity contribution >= 4 is 20.0 Å². The number of nitrogens with zero attached hydrogens (tertiary/aromatic N) is 1. The van der Waals surface area contributed by atoms with E-state index in [0.717, 1.165) is 32.2 Å². The van der Waals surface area contributed by atoms with Crippen molar-refractivity contribution in [2.75, 3.05) is 26.2 Å². The molecule has 0 bridgehead atoms. The predicted molar refractivity (Wildman–Crippen MR) is 95.4 cm³/mol. The Hall–Kier alpha value is -1.00. The molecule has 2 aliphatic rings. The zero-order valence-corrected chi connectivity index (χ0v) is 16.0. The van der Waals surface area contributed by atoms with E-state index in [-0.39, 0.29) is 15.8 Å². The van der Waals surface area contributed by atoms with Crippen LogP contribution in [0.5, 0.6) is 0 Å². The molecule has 0 amide bonds. The van der Waals surface area contributed by atoms with Gasteiger partial charge in [0, 0.05) is 25.7 Å². The summed E-state index contributed by atoms with van der Waals surface area (Å²) in [6.07, 6.45) is 3.43. The molecule has 1 atom stereocenters. The minimum Gasteiger partial charge on any atom is -0.315 e. The topological polar surface area (TPSA) is 95.6 Å². The summed E-state index contributed by atoms with van der Waals surface area (Å²) >= 11 is 0. The summed E-state index contributed by atoms with van der Waals surface area (Å²) in [5.74, 6) is 0. The van der Waals surface area contributed by atoms with Crippen LogP contribution in [0.1, 0.15) is 31.2 Å². The third-order valence-corrected chi connectivity index (χ3v) is 8.34. The van der Waals surface area contributed by atoms with Gasteiger partial charge in [-0.25, -0.2) is 21.6 Å². The molecule has 0 saturated carbocycles. The molecule has 1 aromatic carbocycles. The van der Waals surface area contributed by atoms with Crippen molar-refractivity contribution in [2.24, 2.45) is 0 Å². The Morgan fingerprint density at radius 1 is 1.12 bits per heavy atom. The van der Waals surface area contributed by atoms with Gasteiger partial charge in [0.05, 0.1) is 9.79 Å². The molecule has 140 valence electrons. The highest BCUT2D eigenvalue weighted by Crippen LogP contribution is 2.25. The van der Waals surface area contributed by atoms with E-state index in [1.165, 1.54) is 16.4 Å². The molecule has 0 aliphatic carbocycles. The number of hydrogen-bond acceptors (Lipinski definition) is 5. The van der Waals surface area contributed by atoms with Crippen LogP contribution < -0.4 is 10.0 Å². The maximum absolute atomic E-state index is 12.8. The standard InChI is InChI=1S/C16H25N3O4S2/c1-13-5-6-15(25(22,23)19-9-3-2-4-10-19)11-16(13)24(20,21)18-14-7-8-17-12-14/h5-6,11,14,17-18H,2-4,7-10,12H2,1H3. The molecular weight excluding hydrogens is 362 g/mol. The average Bonchev–Trinajstić information content (AvgIpc) is 3.08. The Labute approximate surface area is 149 Å². The first-order chi connectivity index (χ1) is 11.8. The van der Waals surface area contributed by atoms with Crippen molar-refractivity contribution < 1.29 is 16.8 Å². The third-order valence-electron chi connectivity index (χ3n) is 4.78. The van der Waals surface area contributed by atoms with Crippen LogP contribution >= 0.6 is 0 Å². The monoisotopic (exact) mass is 387 g/mol. The van der Waals surface area contributed by atoms with Gasteiger partial charge in [-0.3, -0.25) is 0 Å². The second-order valence-electron chi connectivity index (χ2n) is 6.70. The second-order valence-corrected chi connectivity index (χ2v) is 10.3. The summed E-state index contributed by atoms with van der Waals surface area (Å²) in [7, 11) is -7.42. The van der Waals surface area contributed by atoms with Gasteiger partial charge >= 0.3 is 0 Å². The first kappa shape index (κ1) is 18.8. The summed E-state index contributed by atoms with van der Waals surface area (Å²) in [5.41, 5.74) is 0.538. The van der Waals surface area contributed by atoms with Crippen molar-refractivity contribution in [3.05, 3.63) is 23.8 Å². The Bertz CT molecular complexity index is 825. The molecule has 2 saturated heterocycles. The highest BCUT2D eigenvalue weighted by Gasteiger charge is 2.29. The van der Waals surface area contributed by atoms with Gasteiger partial charge in [0.2, 0.25) is 20.0 Å². The van der Waals surface area contributed by atoms with Crippen LogP contribution in [0.25, 0.3) is 0 Å². The van der Waals surface area contributed by atoms with E-state index in [2.05, 4.69) is 10.0 Å². The van der Waals surface area contributed by atoms with Gasteiger partial charge in [-0.1, -0.05) is 12.5 Å². The Morgan fingerprint density at radius 2 is 1.84 bits per heavy atom. The Balaban J connectivity index is 1.92. The van der Waals surface area contributed by atoms with Crippen molar-refractivity contribution in [1.82, 2.24) is 14.3 Å². The molecule has 25 heavy (non-hydrogen) atoms. The van der Waals surface area contributed by atoms with E-state index in [9.17, 15) is 16.8 Å². The smallest absolute Gasteiger partial charge is 0.243 e. The van der Waals surface area contributed by atoms with Crippen LogP contribution in [0, 0.1) is 6.92 Å². The van der Waals surface area contributed by atoms with Crippen molar-refractivity contribution in [3.63, 3.8) is 0 Å². The van der Waals surface area contributed by atoms with Gasteiger partial charge in [0.25, 0.3) is 0 Å². The third kappa shape index (κ3) is 4.06. The molecule has 3 rings (SSSR count). The van der Waals surface area contributed by atoms with Gasteiger partial charge < -0.3 is 5.32 Å². The highest BCUT2D eigenvalue weighted by atomic mass is 32.2. The minimum atomic E-state index is -3.76. The van der Waals surface area contributed by atoms with Crippen molar-refractivity contribution in [2.45, 2.75) is 48.4 Å². The lowest BCUT2D eigenvalue weighted by Gasteiger charge is -2.26. The maximum atomic E-state index is 12.8. The molecule has 0 spiro atoms. The summed E-state index contributed by atoms with van der Waals surface area (Å²) in [6, 6.07) is 4.20. The van der Waals surface area contributed by atoms with E-state index in [1.807, 2.05) is 0 Å². The fourth-order valence-corrected chi connectivity index (χ4v) is 6.48. The molecule has 0 aromatic heterocycles. The summed E-state index contributed by atoms with van der Waals surface area (Å²) in [5, 5.41) is 3.11. The molecule has 2 N–H and O–H groups in total. The molecule has 2 fully saturated rings. The van der Waals surface area contributed by atoms with Crippen LogP contribution in [-0.4, -0.2) is 53.4 Å². The zero-order valence-electron chi connectivity index (χ0n) is 14.4.